The predicted octanol–water partition coefficient (Wildman–Crippen LogP) is 2.34. The molecule has 2 aliphatic rings. The lowest BCUT2D eigenvalue weighted by Gasteiger charge is -2.45. The highest BCUT2D eigenvalue weighted by molar-refractivity contribution is 5.79. The molecule has 2 saturated heterocycles. The van der Waals surface area contributed by atoms with Gasteiger partial charge in [0.15, 0.2) is 0 Å². The van der Waals surface area contributed by atoms with Gasteiger partial charge in [0.1, 0.15) is 5.75 Å². The first-order chi connectivity index (χ1) is 12.1. The van der Waals surface area contributed by atoms with Gasteiger partial charge in [0.05, 0.1) is 20.1 Å². The molecule has 1 atom stereocenters. The molecule has 0 aromatic heterocycles. The molecule has 0 radical (unpaired) electrons. The summed E-state index contributed by atoms with van der Waals surface area (Å²) >= 11 is 0. The van der Waals surface area contributed by atoms with Gasteiger partial charge in [0.2, 0.25) is 5.91 Å². The fourth-order valence-electron chi connectivity index (χ4n) is 4.38. The number of hydrogen-bond acceptors (Lipinski definition) is 4. The van der Waals surface area contributed by atoms with Crippen molar-refractivity contribution in [3.05, 3.63) is 29.8 Å². The van der Waals surface area contributed by atoms with Crippen LogP contribution in [-0.4, -0.2) is 68.3 Å². The molecule has 0 N–H and O–H groups in total. The lowest BCUT2D eigenvalue weighted by Crippen LogP contribution is -2.54. The molecule has 1 aromatic carbocycles. The Balaban J connectivity index is 1.54. The van der Waals surface area contributed by atoms with E-state index in [9.17, 15) is 4.79 Å². The van der Waals surface area contributed by atoms with Crippen LogP contribution in [0.15, 0.2) is 24.3 Å². The molecule has 1 spiro atoms. The summed E-state index contributed by atoms with van der Waals surface area (Å²) in [6.45, 7) is 2.52. The molecule has 138 valence electrons. The van der Waals surface area contributed by atoms with Gasteiger partial charge in [-0.15, -0.1) is 0 Å². The van der Waals surface area contributed by atoms with Crippen molar-refractivity contribution in [2.45, 2.75) is 43.7 Å². The number of piperidine rings is 1. The molecule has 1 unspecified atom stereocenters. The minimum Gasteiger partial charge on any atom is -0.497 e. The first-order valence-electron chi connectivity index (χ1n) is 9.20. The van der Waals surface area contributed by atoms with E-state index in [1.165, 1.54) is 12.8 Å². The van der Waals surface area contributed by atoms with Crippen LogP contribution >= 0.6 is 0 Å². The monoisotopic (exact) mass is 346 g/mol. The van der Waals surface area contributed by atoms with E-state index in [0.29, 0.717) is 12.5 Å². The SMILES string of the molecule is COCC1CCC2(CCN(C(=O)Cc3ccc(OC)cc3)CC2)N1C. The number of likely N-dealkylation sites (N-methyl/N-ethyl adjacent to an activating group) is 1. The highest BCUT2D eigenvalue weighted by Gasteiger charge is 2.46. The Morgan fingerprint density at radius 2 is 1.84 bits per heavy atom. The zero-order chi connectivity index (χ0) is 17.9. The number of benzene rings is 1. The fraction of sp³-hybridized carbons (Fsp3) is 0.650. The Kier molecular flexibility index (Phi) is 5.64. The summed E-state index contributed by atoms with van der Waals surface area (Å²) < 4.78 is 10.5. The highest BCUT2D eigenvalue weighted by atomic mass is 16.5. The van der Waals surface area contributed by atoms with Crippen LogP contribution in [0.25, 0.3) is 0 Å². The molecule has 5 heteroatoms. The Labute approximate surface area is 150 Å². The number of carbonyl (C=O) groups excluding carboxylic acids is 1. The Morgan fingerprint density at radius 3 is 2.44 bits per heavy atom. The lowest BCUT2D eigenvalue weighted by molar-refractivity contribution is -0.133. The van der Waals surface area contributed by atoms with Gasteiger partial charge in [0, 0.05) is 31.8 Å². The maximum Gasteiger partial charge on any atom is 0.226 e. The van der Waals surface area contributed by atoms with Crippen LogP contribution in [0.2, 0.25) is 0 Å². The zero-order valence-corrected chi connectivity index (χ0v) is 15.7. The van der Waals surface area contributed by atoms with Crippen molar-refractivity contribution >= 4 is 5.91 Å². The number of likely N-dealkylation sites (tertiary alicyclic amines) is 2. The molecule has 0 bridgehead atoms. The van der Waals surface area contributed by atoms with Gasteiger partial charge in [0.25, 0.3) is 0 Å². The summed E-state index contributed by atoms with van der Waals surface area (Å²) in [4.78, 5) is 17.2. The van der Waals surface area contributed by atoms with Gasteiger partial charge < -0.3 is 14.4 Å². The second kappa shape index (κ2) is 7.75. The van der Waals surface area contributed by atoms with E-state index >= 15 is 0 Å². The third-order valence-electron chi connectivity index (χ3n) is 6.16. The number of nitrogens with zero attached hydrogens (tertiary/aromatic N) is 2. The van der Waals surface area contributed by atoms with Gasteiger partial charge in [-0.2, -0.15) is 0 Å². The van der Waals surface area contributed by atoms with Crippen LogP contribution in [0.4, 0.5) is 0 Å². The minimum atomic E-state index is 0.231. The number of hydrogen-bond donors (Lipinski definition) is 0. The fourth-order valence-corrected chi connectivity index (χ4v) is 4.38. The standard InChI is InChI=1S/C20H30N2O3/c1-21-17(15-24-2)8-9-20(21)10-12-22(13-11-20)19(23)14-16-4-6-18(25-3)7-5-16/h4-7,17H,8-15H2,1-3H3. The van der Waals surface area contributed by atoms with Crippen molar-refractivity contribution in [1.29, 1.82) is 0 Å². The number of ether oxygens (including phenoxy) is 2. The lowest BCUT2D eigenvalue weighted by atomic mass is 9.85. The predicted molar refractivity (Wildman–Crippen MR) is 97.9 cm³/mol. The van der Waals surface area contributed by atoms with Crippen LogP contribution in [-0.2, 0) is 16.0 Å². The smallest absolute Gasteiger partial charge is 0.226 e. The maximum absolute atomic E-state index is 12.6. The zero-order valence-electron chi connectivity index (χ0n) is 15.7. The van der Waals surface area contributed by atoms with Crippen LogP contribution in [0.1, 0.15) is 31.2 Å². The Morgan fingerprint density at radius 1 is 1.16 bits per heavy atom. The summed E-state index contributed by atoms with van der Waals surface area (Å²) in [5.41, 5.74) is 1.31. The van der Waals surface area contributed by atoms with Gasteiger partial charge >= 0.3 is 0 Å². The third-order valence-corrected chi connectivity index (χ3v) is 6.16. The molecule has 0 saturated carbocycles. The second-order valence-electron chi connectivity index (χ2n) is 7.39. The number of methoxy groups -OCH3 is 2. The van der Waals surface area contributed by atoms with E-state index in [2.05, 4.69) is 11.9 Å². The first-order valence-corrected chi connectivity index (χ1v) is 9.20. The number of amides is 1. The molecule has 3 rings (SSSR count). The van der Waals surface area contributed by atoms with E-state index in [1.54, 1.807) is 14.2 Å². The minimum absolute atomic E-state index is 0.231. The van der Waals surface area contributed by atoms with Gasteiger partial charge in [-0.3, -0.25) is 9.69 Å². The van der Waals surface area contributed by atoms with Crippen LogP contribution in [0.3, 0.4) is 0 Å². The maximum atomic E-state index is 12.6. The summed E-state index contributed by atoms with van der Waals surface area (Å²) in [6, 6.07) is 8.30. The van der Waals surface area contributed by atoms with Crippen LogP contribution in [0, 0.1) is 0 Å². The summed E-state index contributed by atoms with van der Waals surface area (Å²) in [5.74, 6) is 1.06. The van der Waals surface area contributed by atoms with Crippen molar-refractivity contribution in [2.75, 3.05) is 41.0 Å². The second-order valence-corrected chi connectivity index (χ2v) is 7.39. The highest BCUT2D eigenvalue weighted by Crippen LogP contribution is 2.40. The largest absolute Gasteiger partial charge is 0.497 e. The van der Waals surface area contributed by atoms with Crippen molar-refractivity contribution in [1.82, 2.24) is 9.80 Å². The molecule has 1 amide bonds. The Bertz CT molecular complexity index is 579. The van der Waals surface area contributed by atoms with E-state index in [-0.39, 0.29) is 11.4 Å². The molecule has 1 aromatic rings. The van der Waals surface area contributed by atoms with E-state index in [0.717, 1.165) is 43.9 Å². The van der Waals surface area contributed by atoms with E-state index in [1.807, 2.05) is 29.2 Å². The van der Waals surface area contributed by atoms with Gasteiger partial charge in [-0.1, -0.05) is 12.1 Å². The third kappa shape index (κ3) is 3.82. The Hall–Kier alpha value is -1.59. The summed E-state index contributed by atoms with van der Waals surface area (Å²) in [5, 5.41) is 0. The molecule has 2 heterocycles. The van der Waals surface area contributed by atoms with Crippen molar-refractivity contribution < 1.29 is 14.3 Å². The molecule has 5 nitrogen and oxygen atoms in total. The normalized spacial score (nSPS) is 23.2. The number of carbonyl (C=O) groups is 1. The summed E-state index contributed by atoms with van der Waals surface area (Å²) in [7, 11) is 5.66. The van der Waals surface area contributed by atoms with Crippen LogP contribution < -0.4 is 4.74 Å². The molecule has 2 aliphatic heterocycles. The van der Waals surface area contributed by atoms with E-state index < -0.39 is 0 Å². The van der Waals surface area contributed by atoms with Crippen molar-refractivity contribution in [2.24, 2.45) is 0 Å². The van der Waals surface area contributed by atoms with Gasteiger partial charge in [-0.25, -0.2) is 0 Å². The molecular formula is C20H30N2O3. The molecule has 2 fully saturated rings. The quantitative estimate of drug-likeness (QED) is 0.821. The molecule has 25 heavy (non-hydrogen) atoms. The van der Waals surface area contributed by atoms with Crippen LogP contribution in [0.5, 0.6) is 5.75 Å². The van der Waals surface area contributed by atoms with Gasteiger partial charge in [-0.05, 0) is 50.4 Å². The molecular weight excluding hydrogens is 316 g/mol. The van der Waals surface area contributed by atoms with Crippen molar-refractivity contribution in [3.63, 3.8) is 0 Å². The van der Waals surface area contributed by atoms with E-state index in [4.69, 9.17) is 9.47 Å². The van der Waals surface area contributed by atoms with Crippen molar-refractivity contribution in [3.8, 4) is 5.75 Å². The number of rotatable bonds is 5. The topological polar surface area (TPSA) is 42.0 Å². The average Bonchev–Trinajstić information content (AvgIpc) is 2.93. The summed E-state index contributed by atoms with van der Waals surface area (Å²) in [6.07, 6.45) is 5.03. The molecule has 0 aliphatic carbocycles. The average molecular weight is 346 g/mol. The first kappa shape index (κ1) is 18.2.